The van der Waals surface area contributed by atoms with Crippen LogP contribution in [-0.2, 0) is 19.3 Å². The monoisotopic (exact) mass is 484 g/mol. The lowest BCUT2D eigenvalue weighted by Crippen LogP contribution is -2.70. The first-order valence-electron chi connectivity index (χ1n) is 12.3. The highest BCUT2D eigenvalue weighted by Crippen LogP contribution is 2.64. The van der Waals surface area contributed by atoms with Gasteiger partial charge in [0.25, 0.3) is 0 Å². The van der Waals surface area contributed by atoms with Gasteiger partial charge in [-0.25, -0.2) is 9.59 Å². The van der Waals surface area contributed by atoms with E-state index in [1.54, 1.807) is 15.9 Å². The van der Waals surface area contributed by atoms with E-state index in [-0.39, 0.29) is 12.7 Å². The maximum Gasteiger partial charge on any atom is 0.416 e. The van der Waals surface area contributed by atoms with Crippen molar-refractivity contribution in [1.29, 1.82) is 0 Å². The number of para-hydroxylation sites is 1. The Labute approximate surface area is 203 Å². The smallest absolute Gasteiger partial charge is 0.416 e. The number of nitrogens with zero attached hydrogens (tertiary/aromatic N) is 2. The highest BCUT2D eigenvalue weighted by molar-refractivity contribution is 6.73. The van der Waals surface area contributed by atoms with E-state index in [4.69, 9.17) is 13.9 Å². The quantitative estimate of drug-likeness (QED) is 0.373. The summed E-state index contributed by atoms with van der Waals surface area (Å²) in [6, 6.07) is 11.0. The van der Waals surface area contributed by atoms with Gasteiger partial charge in [0.2, 0.25) is 0 Å². The fourth-order valence-corrected chi connectivity index (χ4v) is 9.28. The van der Waals surface area contributed by atoms with Crippen molar-refractivity contribution in [3.8, 4) is 0 Å². The number of fused-ring (bicyclic) bond motifs is 1. The number of likely N-dealkylation sites (tertiary alicyclic amines) is 1. The van der Waals surface area contributed by atoms with Crippen LogP contribution in [0.25, 0.3) is 0 Å². The zero-order valence-electron chi connectivity index (χ0n) is 20.7. The maximum absolute atomic E-state index is 13.4. The van der Waals surface area contributed by atoms with Crippen LogP contribution in [0, 0.1) is 0 Å². The molecule has 2 amide bonds. The first-order valence-corrected chi connectivity index (χ1v) is 14.8. The highest BCUT2D eigenvalue weighted by Gasteiger charge is 2.74. The lowest BCUT2D eigenvalue weighted by molar-refractivity contribution is 0.0170. The number of methoxy groups -OCH3 is 1. The fourth-order valence-electron chi connectivity index (χ4n) is 6.46. The van der Waals surface area contributed by atoms with Crippen molar-refractivity contribution >= 4 is 26.2 Å². The third-order valence-electron chi connectivity index (χ3n) is 8.30. The molecule has 1 saturated heterocycles. The van der Waals surface area contributed by atoms with Gasteiger partial charge in [-0.3, -0.25) is 9.80 Å². The largest absolute Gasteiger partial charge is 0.452 e. The average Bonchev–Trinajstić information content (AvgIpc) is 3.35. The summed E-state index contributed by atoms with van der Waals surface area (Å²) < 4.78 is 17.9. The molecule has 8 heteroatoms. The number of ether oxygens (including phenoxy) is 2. The molecule has 1 fully saturated rings. The summed E-state index contributed by atoms with van der Waals surface area (Å²) in [6.07, 6.45) is 5.70. The Kier molecular flexibility index (Phi) is 6.66. The number of amides is 2. The van der Waals surface area contributed by atoms with Gasteiger partial charge in [0.15, 0.2) is 8.32 Å². The van der Waals surface area contributed by atoms with E-state index in [2.05, 4.69) is 45.6 Å². The van der Waals surface area contributed by atoms with Crippen molar-refractivity contribution in [2.75, 3.05) is 25.2 Å². The molecule has 34 heavy (non-hydrogen) atoms. The third kappa shape index (κ3) is 3.18. The lowest BCUT2D eigenvalue weighted by atomic mass is 9.64. The van der Waals surface area contributed by atoms with Crippen LogP contribution in [-0.4, -0.2) is 57.4 Å². The van der Waals surface area contributed by atoms with Gasteiger partial charge in [-0.15, -0.1) is 0 Å². The van der Waals surface area contributed by atoms with Crippen LogP contribution in [0.1, 0.15) is 39.2 Å². The zero-order valence-corrected chi connectivity index (χ0v) is 21.7. The van der Waals surface area contributed by atoms with E-state index >= 15 is 0 Å². The first-order chi connectivity index (χ1) is 16.4. The number of carbonyl (C=O) groups is 2. The normalized spacial score (nSPS) is 27.1. The molecule has 3 atom stereocenters. The van der Waals surface area contributed by atoms with Crippen molar-refractivity contribution in [2.45, 2.75) is 68.9 Å². The molecular formula is C26H36N2O5Si. The SMILES string of the molecule is C=CCOC(=O)N1CC[C@@]23c4ccccc4N(C(=O)OC)[C@@]12CC=C[C@H]3O[Si](CC)(CC)CC. The second-order valence-corrected chi connectivity index (χ2v) is 14.0. The van der Waals surface area contributed by atoms with Crippen molar-refractivity contribution < 1.29 is 23.5 Å². The van der Waals surface area contributed by atoms with Gasteiger partial charge in [-0.05, 0) is 36.2 Å². The Morgan fingerprint density at radius 1 is 1.18 bits per heavy atom. The minimum Gasteiger partial charge on any atom is -0.452 e. The summed E-state index contributed by atoms with van der Waals surface area (Å²) in [5.74, 6) is 0. The predicted octanol–water partition coefficient (Wildman–Crippen LogP) is 5.59. The van der Waals surface area contributed by atoms with E-state index in [9.17, 15) is 9.59 Å². The highest BCUT2D eigenvalue weighted by atomic mass is 28.4. The van der Waals surface area contributed by atoms with E-state index in [1.165, 1.54) is 7.11 Å². The molecule has 0 aromatic heterocycles. The summed E-state index contributed by atoms with van der Waals surface area (Å²) in [6.45, 7) is 10.9. The van der Waals surface area contributed by atoms with Gasteiger partial charge < -0.3 is 13.9 Å². The molecule has 1 aliphatic carbocycles. The third-order valence-corrected chi connectivity index (χ3v) is 12.9. The molecule has 0 saturated carbocycles. The average molecular weight is 485 g/mol. The summed E-state index contributed by atoms with van der Waals surface area (Å²) in [5, 5.41) is 0. The molecule has 184 valence electrons. The molecule has 2 aliphatic heterocycles. The second-order valence-electron chi connectivity index (χ2n) is 9.29. The molecule has 0 N–H and O–H groups in total. The summed E-state index contributed by atoms with van der Waals surface area (Å²) in [7, 11) is -0.634. The number of hydrogen-bond donors (Lipinski definition) is 0. The van der Waals surface area contributed by atoms with Crippen molar-refractivity contribution in [3.05, 3.63) is 54.6 Å². The van der Waals surface area contributed by atoms with E-state index in [0.29, 0.717) is 19.4 Å². The van der Waals surface area contributed by atoms with E-state index < -0.39 is 31.6 Å². The Hall–Kier alpha value is -2.58. The molecule has 0 spiro atoms. The van der Waals surface area contributed by atoms with Gasteiger partial charge in [0.05, 0.1) is 24.3 Å². The van der Waals surface area contributed by atoms with Crippen molar-refractivity contribution in [1.82, 2.24) is 4.90 Å². The summed E-state index contributed by atoms with van der Waals surface area (Å²) in [5.41, 5.74) is 0.179. The second kappa shape index (κ2) is 9.22. The van der Waals surface area contributed by atoms with Crippen LogP contribution in [0.2, 0.25) is 18.1 Å². The van der Waals surface area contributed by atoms with Gasteiger partial charge in [0, 0.05) is 13.0 Å². The van der Waals surface area contributed by atoms with Crippen LogP contribution in [0.15, 0.2) is 49.1 Å². The summed E-state index contributed by atoms with van der Waals surface area (Å²) >= 11 is 0. The van der Waals surface area contributed by atoms with Crippen molar-refractivity contribution in [3.63, 3.8) is 0 Å². The van der Waals surface area contributed by atoms with Crippen LogP contribution < -0.4 is 4.90 Å². The van der Waals surface area contributed by atoms with Gasteiger partial charge >= 0.3 is 12.2 Å². The summed E-state index contributed by atoms with van der Waals surface area (Å²) in [4.78, 5) is 30.1. The van der Waals surface area contributed by atoms with Gasteiger partial charge in [-0.2, -0.15) is 0 Å². The number of rotatable bonds is 7. The molecule has 0 radical (unpaired) electrons. The number of benzene rings is 1. The topological polar surface area (TPSA) is 68.3 Å². The molecular weight excluding hydrogens is 448 g/mol. The minimum atomic E-state index is -2.02. The van der Waals surface area contributed by atoms with E-state index in [0.717, 1.165) is 29.4 Å². The Morgan fingerprint density at radius 2 is 1.88 bits per heavy atom. The van der Waals surface area contributed by atoms with Crippen molar-refractivity contribution in [2.24, 2.45) is 0 Å². The Morgan fingerprint density at radius 3 is 2.53 bits per heavy atom. The lowest BCUT2D eigenvalue weighted by Gasteiger charge is -2.53. The minimum absolute atomic E-state index is 0.108. The molecule has 4 rings (SSSR count). The van der Waals surface area contributed by atoms with Gasteiger partial charge in [0.1, 0.15) is 12.3 Å². The molecule has 7 nitrogen and oxygen atoms in total. The molecule has 1 aromatic carbocycles. The zero-order chi connectivity index (χ0) is 24.6. The standard InChI is InChI=1S/C26H36N2O5Si/c1-6-19-32-23(29)27-18-17-25-20-13-10-11-14-21(20)28(24(30)31-5)26(25,27)16-12-15-22(25)33-34(7-2,8-3)9-4/h6,10-15,22H,1,7-9,16-19H2,2-5H3/t22-,25+,26-/m1/s1. The molecule has 0 bridgehead atoms. The number of hydrogen-bond acceptors (Lipinski definition) is 5. The Balaban J connectivity index is 1.94. The van der Waals surface area contributed by atoms with Crippen LogP contribution in [0.3, 0.4) is 0 Å². The molecule has 0 unspecified atom stereocenters. The maximum atomic E-state index is 13.4. The molecule has 3 aliphatic rings. The molecule has 1 aromatic rings. The number of anilines is 1. The number of carbonyl (C=O) groups excluding carboxylic acids is 2. The van der Waals surface area contributed by atoms with E-state index in [1.807, 2.05) is 18.2 Å². The van der Waals surface area contributed by atoms with Crippen LogP contribution in [0.5, 0.6) is 0 Å². The first kappa shape index (κ1) is 24.5. The molecule has 2 heterocycles. The van der Waals surface area contributed by atoms with Crippen LogP contribution >= 0.6 is 0 Å². The Bertz CT molecular complexity index is 985. The fraction of sp³-hybridized carbons (Fsp3) is 0.538. The van der Waals surface area contributed by atoms with Gasteiger partial charge in [-0.1, -0.05) is 63.8 Å². The van der Waals surface area contributed by atoms with Crippen LogP contribution in [0.4, 0.5) is 15.3 Å². The predicted molar refractivity (Wildman–Crippen MR) is 134 cm³/mol.